The zero-order chi connectivity index (χ0) is 23.6. The molecule has 0 unspecified atom stereocenters. The Balaban J connectivity index is 1.26. The summed E-state index contributed by atoms with van der Waals surface area (Å²) in [5, 5.41) is 4.54. The SMILES string of the molecule is CC(C)(C)OC(=O)N1CCC(C(=O)N[C@@H]2CC[C@@H]3CN2C(=O)N3OCc2ccccc2)CC1. The molecule has 9 nitrogen and oxygen atoms in total. The molecule has 180 valence electrons. The van der Waals surface area contributed by atoms with Crippen molar-refractivity contribution in [3.8, 4) is 0 Å². The van der Waals surface area contributed by atoms with E-state index < -0.39 is 5.60 Å². The highest BCUT2D eigenvalue weighted by Gasteiger charge is 2.46. The van der Waals surface area contributed by atoms with Crippen molar-refractivity contribution in [3.05, 3.63) is 35.9 Å². The Morgan fingerprint density at radius 3 is 2.42 bits per heavy atom. The average Bonchev–Trinajstić information content (AvgIpc) is 3.04. The highest BCUT2D eigenvalue weighted by Crippen LogP contribution is 2.30. The van der Waals surface area contributed by atoms with E-state index >= 15 is 0 Å². The van der Waals surface area contributed by atoms with Gasteiger partial charge in [0, 0.05) is 25.6 Å². The maximum absolute atomic E-state index is 12.9. The van der Waals surface area contributed by atoms with Gasteiger partial charge in [0.15, 0.2) is 0 Å². The third-order valence-electron chi connectivity index (χ3n) is 6.36. The van der Waals surface area contributed by atoms with E-state index in [2.05, 4.69) is 5.32 Å². The maximum Gasteiger partial charge on any atom is 0.410 e. The lowest BCUT2D eigenvalue weighted by molar-refractivity contribution is -0.140. The van der Waals surface area contributed by atoms with Crippen LogP contribution in [-0.4, -0.2) is 70.3 Å². The van der Waals surface area contributed by atoms with Crippen molar-refractivity contribution in [3.63, 3.8) is 0 Å². The van der Waals surface area contributed by atoms with E-state index in [0.29, 0.717) is 45.5 Å². The summed E-state index contributed by atoms with van der Waals surface area (Å²) in [6, 6.07) is 9.56. The van der Waals surface area contributed by atoms with Crippen LogP contribution in [0.5, 0.6) is 0 Å². The van der Waals surface area contributed by atoms with Crippen LogP contribution in [0.15, 0.2) is 30.3 Å². The molecule has 9 heteroatoms. The van der Waals surface area contributed by atoms with Crippen LogP contribution >= 0.6 is 0 Å². The number of hydrogen-bond donors (Lipinski definition) is 1. The molecule has 1 N–H and O–H groups in total. The summed E-state index contributed by atoms with van der Waals surface area (Å²) in [6.07, 6.45) is 1.98. The first-order valence-corrected chi connectivity index (χ1v) is 11.8. The van der Waals surface area contributed by atoms with Crippen LogP contribution in [0, 0.1) is 5.92 Å². The topological polar surface area (TPSA) is 91.4 Å². The van der Waals surface area contributed by atoms with Crippen LogP contribution in [0.1, 0.15) is 52.0 Å². The van der Waals surface area contributed by atoms with Crippen molar-refractivity contribution >= 4 is 18.0 Å². The lowest BCUT2D eigenvalue weighted by Gasteiger charge is -2.35. The van der Waals surface area contributed by atoms with Crippen molar-refractivity contribution in [2.24, 2.45) is 5.92 Å². The standard InChI is InChI=1S/C24H34N4O5/c1-24(2,3)33-23(31)26-13-11-18(12-14-26)21(29)25-20-10-9-19-15-27(20)22(30)28(19)32-16-17-7-5-4-6-8-17/h4-8,18-20H,9-16H2,1-3H3,(H,25,29)/t19-,20+/m1/s1. The Hall–Kier alpha value is -2.81. The van der Waals surface area contributed by atoms with E-state index in [1.165, 1.54) is 5.06 Å². The molecule has 0 radical (unpaired) electrons. The molecule has 4 rings (SSSR count). The molecule has 3 fully saturated rings. The molecule has 3 aliphatic heterocycles. The highest BCUT2D eigenvalue weighted by atomic mass is 16.7. The third kappa shape index (κ3) is 5.58. The Morgan fingerprint density at radius 1 is 1.06 bits per heavy atom. The average molecular weight is 459 g/mol. The predicted molar refractivity (Wildman–Crippen MR) is 121 cm³/mol. The summed E-state index contributed by atoms with van der Waals surface area (Å²) in [5.74, 6) is -0.233. The van der Waals surface area contributed by atoms with Crippen molar-refractivity contribution < 1.29 is 24.0 Å². The smallest absolute Gasteiger partial charge is 0.410 e. The monoisotopic (exact) mass is 458 g/mol. The Bertz CT molecular complexity index is 863. The number of nitrogens with zero attached hydrogens (tertiary/aromatic N) is 3. The summed E-state index contributed by atoms with van der Waals surface area (Å²) >= 11 is 0. The van der Waals surface area contributed by atoms with Gasteiger partial charge < -0.3 is 19.9 Å². The second-order valence-corrected chi connectivity index (χ2v) is 10.0. The van der Waals surface area contributed by atoms with Gasteiger partial charge >= 0.3 is 12.1 Å². The zero-order valence-electron chi connectivity index (χ0n) is 19.7. The van der Waals surface area contributed by atoms with E-state index in [1.54, 1.807) is 9.80 Å². The molecule has 3 aliphatic rings. The van der Waals surface area contributed by atoms with Crippen LogP contribution < -0.4 is 5.32 Å². The molecule has 0 saturated carbocycles. The molecular formula is C24H34N4O5. The molecule has 3 heterocycles. The first-order chi connectivity index (χ1) is 15.7. The number of carbonyl (C=O) groups is 3. The molecule has 1 aromatic rings. The number of likely N-dealkylation sites (tertiary alicyclic amines) is 1. The van der Waals surface area contributed by atoms with E-state index in [4.69, 9.17) is 9.57 Å². The van der Waals surface area contributed by atoms with Gasteiger partial charge in [-0.3, -0.25) is 9.63 Å². The number of hydrogen-bond acceptors (Lipinski definition) is 5. The van der Waals surface area contributed by atoms with Gasteiger partial charge in [0.25, 0.3) is 0 Å². The molecule has 33 heavy (non-hydrogen) atoms. The van der Waals surface area contributed by atoms with Crippen molar-refractivity contribution in [1.82, 2.24) is 20.2 Å². The number of piperidine rings is 2. The second-order valence-electron chi connectivity index (χ2n) is 10.0. The minimum Gasteiger partial charge on any atom is -0.444 e. The van der Waals surface area contributed by atoms with Gasteiger partial charge in [-0.2, -0.15) is 5.06 Å². The molecule has 2 atom stereocenters. The van der Waals surface area contributed by atoms with Crippen LogP contribution in [-0.2, 0) is 21.0 Å². The number of rotatable bonds is 5. The fourth-order valence-corrected chi connectivity index (χ4v) is 4.60. The molecular weight excluding hydrogens is 424 g/mol. The Labute approximate surface area is 194 Å². The molecule has 2 bridgehead atoms. The maximum atomic E-state index is 12.9. The van der Waals surface area contributed by atoms with Crippen molar-refractivity contribution in [2.75, 3.05) is 19.6 Å². The van der Waals surface area contributed by atoms with Crippen molar-refractivity contribution in [1.29, 1.82) is 0 Å². The fraction of sp³-hybridized carbons (Fsp3) is 0.625. The number of urea groups is 1. The Kier molecular flexibility index (Phi) is 6.78. The number of benzene rings is 1. The molecule has 4 amide bonds. The first-order valence-electron chi connectivity index (χ1n) is 11.8. The van der Waals surface area contributed by atoms with Gasteiger partial charge in [0.1, 0.15) is 18.4 Å². The third-order valence-corrected chi connectivity index (χ3v) is 6.36. The summed E-state index contributed by atoms with van der Waals surface area (Å²) in [6.45, 7) is 7.39. The summed E-state index contributed by atoms with van der Waals surface area (Å²) in [4.78, 5) is 47.3. The van der Waals surface area contributed by atoms with Gasteiger partial charge in [-0.05, 0) is 52.0 Å². The predicted octanol–water partition coefficient (Wildman–Crippen LogP) is 3.11. The van der Waals surface area contributed by atoms with Gasteiger partial charge in [-0.15, -0.1) is 0 Å². The molecule has 1 aromatic carbocycles. The van der Waals surface area contributed by atoms with Crippen LogP contribution in [0.2, 0.25) is 0 Å². The van der Waals surface area contributed by atoms with E-state index in [-0.39, 0.29) is 36.2 Å². The van der Waals surface area contributed by atoms with E-state index in [0.717, 1.165) is 12.0 Å². The summed E-state index contributed by atoms with van der Waals surface area (Å²) in [7, 11) is 0. The highest BCUT2D eigenvalue weighted by molar-refractivity contribution is 5.81. The number of amides is 4. The lowest BCUT2D eigenvalue weighted by Crippen LogP contribution is -2.53. The van der Waals surface area contributed by atoms with Gasteiger partial charge in [-0.1, -0.05) is 30.3 Å². The number of fused-ring (bicyclic) bond motifs is 2. The quantitative estimate of drug-likeness (QED) is 0.732. The van der Waals surface area contributed by atoms with Gasteiger partial charge in [-0.25, -0.2) is 9.59 Å². The fourth-order valence-electron chi connectivity index (χ4n) is 4.60. The summed E-state index contributed by atoms with van der Waals surface area (Å²) in [5.41, 5.74) is 0.467. The number of hydroxylamine groups is 2. The summed E-state index contributed by atoms with van der Waals surface area (Å²) < 4.78 is 5.42. The first kappa shape index (κ1) is 23.4. The van der Waals surface area contributed by atoms with E-state index in [1.807, 2.05) is 51.1 Å². The van der Waals surface area contributed by atoms with Crippen LogP contribution in [0.3, 0.4) is 0 Å². The largest absolute Gasteiger partial charge is 0.444 e. The molecule has 0 aromatic heterocycles. The molecule has 0 aliphatic carbocycles. The lowest BCUT2D eigenvalue weighted by atomic mass is 9.95. The minimum atomic E-state index is -0.537. The normalized spacial score (nSPS) is 23.6. The van der Waals surface area contributed by atoms with Gasteiger partial charge in [0.2, 0.25) is 5.91 Å². The second kappa shape index (κ2) is 9.59. The molecule has 3 saturated heterocycles. The van der Waals surface area contributed by atoms with Crippen molar-refractivity contribution in [2.45, 2.75) is 70.9 Å². The van der Waals surface area contributed by atoms with Gasteiger partial charge in [0.05, 0.1) is 6.04 Å². The minimum absolute atomic E-state index is 0.00596. The van der Waals surface area contributed by atoms with E-state index in [9.17, 15) is 14.4 Å². The number of nitrogens with one attached hydrogen (secondary N) is 1. The zero-order valence-corrected chi connectivity index (χ0v) is 19.7. The van der Waals surface area contributed by atoms with Crippen LogP contribution in [0.4, 0.5) is 9.59 Å². The number of carbonyl (C=O) groups excluding carboxylic acids is 3. The van der Waals surface area contributed by atoms with Crippen LogP contribution in [0.25, 0.3) is 0 Å². The number of ether oxygens (including phenoxy) is 1. The Morgan fingerprint density at radius 2 is 1.76 bits per heavy atom. The molecule has 0 spiro atoms.